The van der Waals surface area contributed by atoms with Crippen LogP contribution in [0.5, 0.6) is 0 Å². The number of aliphatic hydroxyl groups is 1. The highest BCUT2D eigenvalue weighted by Crippen LogP contribution is 2.20. The standard InChI is InChI=1S/C18H28N2O2/c1-3-16(14-21)20(17-9-5-4-6-10-17)13-18(22)19-11-7-8-15(2)12-19/h4-6,9-10,15-16,21H,3,7-8,11-14H2,1-2H3. The molecular formula is C18H28N2O2. The van der Waals surface area contributed by atoms with Gasteiger partial charge in [0.25, 0.3) is 0 Å². The monoisotopic (exact) mass is 304 g/mol. The van der Waals surface area contributed by atoms with E-state index in [4.69, 9.17) is 0 Å². The number of hydrogen-bond acceptors (Lipinski definition) is 3. The molecule has 0 saturated carbocycles. The van der Waals surface area contributed by atoms with Gasteiger partial charge in [0.1, 0.15) is 0 Å². The molecule has 1 aliphatic heterocycles. The average molecular weight is 304 g/mol. The number of aliphatic hydroxyl groups excluding tert-OH is 1. The van der Waals surface area contributed by atoms with Crippen molar-refractivity contribution in [2.24, 2.45) is 5.92 Å². The van der Waals surface area contributed by atoms with Crippen LogP contribution >= 0.6 is 0 Å². The minimum atomic E-state index is -0.0198. The van der Waals surface area contributed by atoms with Gasteiger partial charge >= 0.3 is 0 Å². The van der Waals surface area contributed by atoms with Crippen molar-refractivity contribution in [2.75, 3.05) is 31.1 Å². The number of amides is 1. The molecule has 2 rings (SSSR count). The third-order valence-electron chi connectivity index (χ3n) is 4.53. The lowest BCUT2D eigenvalue weighted by atomic mass is 10.0. The number of carbonyl (C=O) groups is 1. The summed E-state index contributed by atoms with van der Waals surface area (Å²) in [4.78, 5) is 16.7. The molecule has 1 aromatic rings. The van der Waals surface area contributed by atoms with Gasteiger partial charge in [0.2, 0.25) is 5.91 Å². The van der Waals surface area contributed by atoms with Gasteiger partial charge in [0, 0.05) is 18.8 Å². The molecule has 1 aliphatic rings. The molecule has 1 heterocycles. The van der Waals surface area contributed by atoms with E-state index in [1.807, 2.05) is 47.1 Å². The zero-order valence-corrected chi connectivity index (χ0v) is 13.7. The number of carbonyl (C=O) groups excluding carboxylic acids is 1. The molecule has 2 unspecified atom stereocenters. The normalized spacial score (nSPS) is 19.8. The summed E-state index contributed by atoms with van der Waals surface area (Å²) < 4.78 is 0. The number of para-hydroxylation sites is 1. The highest BCUT2D eigenvalue weighted by Gasteiger charge is 2.25. The molecule has 4 heteroatoms. The summed E-state index contributed by atoms with van der Waals surface area (Å²) in [7, 11) is 0. The van der Waals surface area contributed by atoms with Crippen molar-refractivity contribution in [2.45, 2.75) is 39.2 Å². The Morgan fingerprint density at radius 1 is 1.41 bits per heavy atom. The molecule has 22 heavy (non-hydrogen) atoms. The van der Waals surface area contributed by atoms with Crippen LogP contribution < -0.4 is 4.90 Å². The van der Waals surface area contributed by atoms with Gasteiger partial charge in [-0.25, -0.2) is 0 Å². The summed E-state index contributed by atoms with van der Waals surface area (Å²) in [5.74, 6) is 0.755. The Labute approximate surface area is 133 Å². The second kappa shape index (κ2) is 8.18. The maximum atomic E-state index is 12.7. The van der Waals surface area contributed by atoms with Gasteiger partial charge in [-0.2, -0.15) is 0 Å². The minimum Gasteiger partial charge on any atom is -0.394 e. The van der Waals surface area contributed by atoms with Gasteiger partial charge in [0.15, 0.2) is 0 Å². The van der Waals surface area contributed by atoms with Crippen LogP contribution in [0.1, 0.15) is 33.1 Å². The van der Waals surface area contributed by atoms with Crippen molar-refractivity contribution in [3.05, 3.63) is 30.3 Å². The van der Waals surface area contributed by atoms with Crippen molar-refractivity contribution >= 4 is 11.6 Å². The Hall–Kier alpha value is -1.55. The Bertz CT molecular complexity index is 459. The summed E-state index contributed by atoms with van der Waals surface area (Å²) in [6.07, 6.45) is 3.12. The zero-order chi connectivity index (χ0) is 15.9. The van der Waals surface area contributed by atoms with Crippen LogP contribution in [0, 0.1) is 5.92 Å². The largest absolute Gasteiger partial charge is 0.394 e. The van der Waals surface area contributed by atoms with Crippen molar-refractivity contribution in [1.82, 2.24) is 4.90 Å². The number of piperidine rings is 1. The van der Waals surface area contributed by atoms with Gasteiger partial charge in [-0.3, -0.25) is 4.79 Å². The van der Waals surface area contributed by atoms with E-state index in [9.17, 15) is 9.90 Å². The van der Waals surface area contributed by atoms with Gasteiger partial charge in [0.05, 0.1) is 19.2 Å². The van der Waals surface area contributed by atoms with Gasteiger partial charge in [-0.05, 0) is 37.3 Å². The first-order valence-electron chi connectivity index (χ1n) is 8.36. The van der Waals surface area contributed by atoms with E-state index >= 15 is 0 Å². The van der Waals surface area contributed by atoms with E-state index < -0.39 is 0 Å². The summed E-state index contributed by atoms with van der Waals surface area (Å²) in [5.41, 5.74) is 1.00. The molecule has 122 valence electrons. The first-order valence-corrected chi connectivity index (χ1v) is 8.36. The van der Waals surface area contributed by atoms with E-state index in [1.54, 1.807) is 0 Å². The third-order valence-corrected chi connectivity index (χ3v) is 4.53. The Kier molecular flexibility index (Phi) is 6.25. The lowest BCUT2D eigenvalue weighted by molar-refractivity contribution is -0.131. The third kappa shape index (κ3) is 4.23. The molecule has 0 aromatic heterocycles. The molecule has 1 aromatic carbocycles. The number of benzene rings is 1. The smallest absolute Gasteiger partial charge is 0.242 e. The second-order valence-electron chi connectivity index (χ2n) is 6.30. The van der Waals surface area contributed by atoms with Crippen LogP contribution in [-0.4, -0.2) is 48.2 Å². The lowest BCUT2D eigenvalue weighted by Gasteiger charge is -2.36. The van der Waals surface area contributed by atoms with Crippen molar-refractivity contribution in [3.63, 3.8) is 0 Å². The van der Waals surface area contributed by atoms with Crippen LogP contribution in [0.4, 0.5) is 5.69 Å². The van der Waals surface area contributed by atoms with Gasteiger partial charge < -0.3 is 14.9 Å². The number of anilines is 1. The summed E-state index contributed by atoms with van der Waals surface area (Å²) in [6, 6.07) is 9.90. The topological polar surface area (TPSA) is 43.8 Å². The summed E-state index contributed by atoms with van der Waals surface area (Å²) in [5, 5.41) is 9.66. The SMILES string of the molecule is CCC(CO)N(CC(=O)N1CCCC(C)C1)c1ccccc1. The Morgan fingerprint density at radius 3 is 2.73 bits per heavy atom. The number of likely N-dealkylation sites (tertiary alicyclic amines) is 1. The molecule has 0 radical (unpaired) electrons. The maximum Gasteiger partial charge on any atom is 0.242 e. The molecule has 1 saturated heterocycles. The number of rotatable bonds is 6. The molecule has 2 atom stereocenters. The fourth-order valence-electron chi connectivity index (χ4n) is 3.16. The van der Waals surface area contributed by atoms with Crippen molar-refractivity contribution in [3.8, 4) is 0 Å². The molecular weight excluding hydrogens is 276 g/mol. The molecule has 0 aliphatic carbocycles. The quantitative estimate of drug-likeness (QED) is 0.878. The van der Waals surface area contributed by atoms with E-state index in [1.165, 1.54) is 6.42 Å². The Morgan fingerprint density at radius 2 is 2.14 bits per heavy atom. The lowest BCUT2D eigenvalue weighted by Crippen LogP contribution is -2.48. The summed E-state index contributed by atoms with van der Waals surface area (Å²) >= 11 is 0. The molecule has 4 nitrogen and oxygen atoms in total. The van der Waals surface area contributed by atoms with E-state index in [0.717, 1.165) is 31.6 Å². The molecule has 1 amide bonds. The van der Waals surface area contributed by atoms with Crippen LogP contribution in [0.15, 0.2) is 30.3 Å². The van der Waals surface area contributed by atoms with Crippen molar-refractivity contribution in [1.29, 1.82) is 0 Å². The molecule has 1 fully saturated rings. The van der Waals surface area contributed by atoms with Crippen molar-refractivity contribution < 1.29 is 9.90 Å². The van der Waals surface area contributed by atoms with Crippen LogP contribution in [0.3, 0.4) is 0 Å². The van der Waals surface area contributed by atoms with E-state index in [2.05, 4.69) is 6.92 Å². The molecule has 0 spiro atoms. The predicted molar refractivity (Wildman–Crippen MR) is 89.9 cm³/mol. The first kappa shape index (κ1) is 16.8. The van der Waals surface area contributed by atoms with Crippen LogP contribution in [-0.2, 0) is 4.79 Å². The second-order valence-corrected chi connectivity index (χ2v) is 6.30. The maximum absolute atomic E-state index is 12.7. The number of nitrogens with zero attached hydrogens (tertiary/aromatic N) is 2. The molecule has 1 N–H and O–H groups in total. The Balaban J connectivity index is 2.10. The minimum absolute atomic E-state index is 0.0198. The van der Waals surface area contributed by atoms with Crippen LogP contribution in [0.25, 0.3) is 0 Å². The average Bonchev–Trinajstić information content (AvgIpc) is 2.55. The highest BCUT2D eigenvalue weighted by molar-refractivity contribution is 5.81. The van der Waals surface area contributed by atoms with Crippen LogP contribution in [0.2, 0.25) is 0 Å². The first-order chi connectivity index (χ1) is 10.7. The predicted octanol–water partition coefficient (Wildman–Crippen LogP) is 2.52. The van der Waals surface area contributed by atoms with E-state index in [-0.39, 0.29) is 18.6 Å². The fraction of sp³-hybridized carbons (Fsp3) is 0.611. The van der Waals surface area contributed by atoms with E-state index in [0.29, 0.717) is 12.5 Å². The highest BCUT2D eigenvalue weighted by atomic mass is 16.3. The molecule has 0 bridgehead atoms. The fourth-order valence-corrected chi connectivity index (χ4v) is 3.16. The van der Waals surface area contributed by atoms with Gasteiger partial charge in [-0.15, -0.1) is 0 Å². The zero-order valence-electron chi connectivity index (χ0n) is 13.7. The van der Waals surface area contributed by atoms with Gasteiger partial charge in [-0.1, -0.05) is 32.0 Å². The number of hydrogen-bond donors (Lipinski definition) is 1. The summed E-state index contributed by atoms with van der Waals surface area (Å²) in [6.45, 7) is 6.38.